The number of aliphatic carboxylic acids is 1. The molecule has 0 atom stereocenters. The van der Waals surface area contributed by atoms with Crippen molar-refractivity contribution in [3.8, 4) is 5.75 Å². The first-order valence-corrected chi connectivity index (χ1v) is 7.85. The van der Waals surface area contributed by atoms with Gasteiger partial charge in [-0.15, -0.1) is 0 Å². The predicted octanol–water partition coefficient (Wildman–Crippen LogP) is 3.93. The van der Waals surface area contributed by atoms with Gasteiger partial charge >= 0.3 is 12.1 Å². The number of methoxy groups -OCH3 is 1. The number of amides is 1. The lowest BCUT2D eigenvalue weighted by Crippen LogP contribution is -2.35. The number of ether oxygens (including phenoxy) is 2. The van der Waals surface area contributed by atoms with Crippen LogP contribution in [0.15, 0.2) is 18.2 Å². The zero-order chi connectivity index (χ0) is 19.3. The number of aryl methyl sites for hydroxylation is 2. The highest BCUT2D eigenvalue weighted by atomic mass is 16.6. The molecule has 0 aliphatic heterocycles. The van der Waals surface area contributed by atoms with Gasteiger partial charge in [0.05, 0.1) is 7.11 Å². The van der Waals surface area contributed by atoms with Crippen molar-refractivity contribution in [3.63, 3.8) is 0 Å². The summed E-state index contributed by atoms with van der Waals surface area (Å²) in [4.78, 5) is 20.8. The summed E-state index contributed by atoms with van der Waals surface area (Å²) in [6.07, 6.45) is -0.718. The quantitative estimate of drug-likeness (QED) is 0.870. The Morgan fingerprint density at radius 2 is 1.71 bits per heavy atom. The van der Waals surface area contributed by atoms with E-state index in [0.717, 1.165) is 5.75 Å². The summed E-state index contributed by atoms with van der Waals surface area (Å²) in [6.45, 7) is 12.8. The third kappa shape index (κ3) is 13.4. The number of carbonyl (C=O) groups is 2. The molecular weight excluding hydrogens is 310 g/mol. The highest BCUT2D eigenvalue weighted by molar-refractivity contribution is 5.76. The van der Waals surface area contributed by atoms with Crippen molar-refractivity contribution >= 4 is 12.1 Å². The molecule has 0 bridgehead atoms. The molecule has 0 radical (unpaired) electrons. The zero-order valence-electron chi connectivity index (χ0n) is 16.0. The van der Waals surface area contributed by atoms with Crippen LogP contribution in [0.25, 0.3) is 0 Å². The molecule has 24 heavy (non-hydrogen) atoms. The predicted molar refractivity (Wildman–Crippen MR) is 95.7 cm³/mol. The van der Waals surface area contributed by atoms with Crippen LogP contribution in [0.2, 0.25) is 0 Å². The van der Waals surface area contributed by atoms with E-state index in [0.29, 0.717) is 0 Å². The van der Waals surface area contributed by atoms with Gasteiger partial charge in [0, 0.05) is 0 Å². The van der Waals surface area contributed by atoms with E-state index in [2.05, 4.69) is 18.3 Å². The minimum atomic E-state index is -1.10. The highest BCUT2D eigenvalue weighted by Gasteiger charge is 2.16. The maximum Gasteiger partial charge on any atom is 0.408 e. The van der Waals surface area contributed by atoms with Gasteiger partial charge < -0.3 is 19.9 Å². The summed E-state index contributed by atoms with van der Waals surface area (Å²) >= 11 is 0. The van der Waals surface area contributed by atoms with Crippen molar-refractivity contribution in [2.24, 2.45) is 0 Å². The van der Waals surface area contributed by atoms with Crippen molar-refractivity contribution < 1.29 is 24.2 Å². The molecule has 0 saturated carbocycles. The van der Waals surface area contributed by atoms with Gasteiger partial charge in [-0.2, -0.15) is 0 Å². The van der Waals surface area contributed by atoms with E-state index in [1.54, 1.807) is 27.9 Å². The first-order valence-electron chi connectivity index (χ1n) is 7.85. The Kier molecular flexibility index (Phi) is 12.2. The summed E-state index contributed by atoms with van der Waals surface area (Å²) in [5, 5.41) is 10.3. The van der Waals surface area contributed by atoms with Crippen molar-refractivity contribution in [1.82, 2.24) is 5.32 Å². The molecule has 1 amide bonds. The first-order chi connectivity index (χ1) is 11.0. The van der Waals surface area contributed by atoms with Crippen LogP contribution >= 0.6 is 0 Å². The summed E-state index contributed by atoms with van der Waals surface area (Å²) in [5.74, 6) is -0.133. The molecule has 1 rings (SSSR count). The van der Waals surface area contributed by atoms with Crippen LogP contribution in [0.5, 0.6) is 5.75 Å². The smallest absolute Gasteiger partial charge is 0.408 e. The Hall–Kier alpha value is -2.24. The van der Waals surface area contributed by atoms with Crippen molar-refractivity contribution in [3.05, 3.63) is 29.3 Å². The van der Waals surface area contributed by atoms with Gasteiger partial charge in [-0.25, -0.2) is 4.79 Å². The van der Waals surface area contributed by atoms with Crippen molar-refractivity contribution in [2.75, 3.05) is 13.7 Å². The van der Waals surface area contributed by atoms with E-state index in [1.165, 1.54) is 11.1 Å². The van der Waals surface area contributed by atoms with Gasteiger partial charge in [-0.3, -0.25) is 4.79 Å². The molecule has 0 aliphatic rings. The van der Waals surface area contributed by atoms with E-state index < -0.39 is 24.2 Å². The molecule has 6 heteroatoms. The largest absolute Gasteiger partial charge is 0.496 e. The van der Waals surface area contributed by atoms with Gasteiger partial charge in [0.2, 0.25) is 0 Å². The Balaban J connectivity index is 0. The summed E-state index contributed by atoms with van der Waals surface area (Å²) in [5.41, 5.74) is 1.88. The van der Waals surface area contributed by atoms with Gasteiger partial charge in [-0.1, -0.05) is 31.5 Å². The number of nitrogens with one attached hydrogen (secondary N) is 1. The molecule has 0 spiro atoms. The maximum atomic E-state index is 10.8. The second-order valence-corrected chi connectivity index (χ2v) is 5.72. The standard InChI is InChI=1S/C9H12O.C7H13NO4.C2H6/c1-7-4-5-9(10-3)8(2)6-7;1-7(2,3)12-6(11)8-4-5(9)10;1-2/h4-6H,1-3H3;4H2,1-3H3,(H,8,11)(H,9,10);1-2H3. The molecular formula is C18H31NO5. The maximum absolute atomic E-state index is 10.8. The van der Waals surface area contributed by atoms with Crippen LogP contribution < -0.4 is 10.1 Å². The van der Waals surface area contributed by atoms with Gasteiger partial charge in [0.15, 0.2) is 0 Å². The van der Waals surface area contributed by atoms with E-state index in [1.807, 2.05) is 32.9 Å². The topological polar surface area (TPSA) is 84.9 Å². The van der Waals surface area contributed by atoms with Crippen molar-refractivity contribution in [2.45, 2.75) is 54.1 Å². The number of carboxylic acids is 1. The Bertz CT molecular complexity index is 507. The summed E-state index contributed by atoms with van der Waals surface area (Å²) < 4.78 is 9.87. The number of alkyl carbamates (subject to hydrolysis) is 1. The molecule has 0 unspecified atom stereocenters. The van der Waals surface area contributed by atoms with Gasteiger partial charge in [0.1, 0.15) is 17.9 Å². The van der Waals surface area contributed by atoms with E-state index in [4.69, 9.17) is 14.6 Å². The molecule has 0 fully saturated rings. The number of carboxylic acid groups (broad SMARTS) is 1. The van der Waals surface area contributed by atoms with Crippen LogP contribution in [0.1, 0.15) is 45.7 Å². The van der Waals surface area contributed by atoms with Gasteiger partial charge in [-0.05, 0) is 46.2 Å². The normalized spacial score (nSPS) is 9.50. The number of hydrogen-bond acceptors (Lipinski definition) is 4. The number of benzene rings is 1. The fraction of sp³-hybridized carbons (Fsp3) is 0.556. The van der Waals surface area contributed by atoms with E-state index in [-0.39, 0.29) is 0 Å². The van der Waals surface area contributed by atoms with Crippen molar-refractivity contribution in [1.29, 1.82) is 0 Å². The van der Waals surface area contributed by atoms with Crippen LogP contribution in [0.3, 0.4) is 0 Å². The molecule has 138 valence electrons. The van der Waals surface area contributed by atoms with Crippen LogP contribution in [-0.4, -0.2) is 36.4 Å². The summed E-state index contributed by atoms with van der Waals surface area (Å²) in [7, 11) is 1.69. The minimum absolute atomic E-state index is 0.422. The molecule has 0 aliphatic carbocycles. The van der Waals surface area contributed by atoms with E-state index >= 15 is 0 Å². The molecule has 1 aromatic rings. The molecule has 6 nitrogen and oxygen atoms in total. The molecule has 1 aromatic carbocycles. The summed E-state index contributed by atoms with van der Waals surface area (Å²) in [6, 6.07) is 6.15. The molecule has 2 N–H and O–H groups in total. The van der Waals surface area contributed by atoms with Crippen LogP contribution in [0.4, 0.5) is 4.79 Å². The SMILES string of the molecule is CC.CC(C)(C)OC(=O)NCC(=O)O.COc1ccc(C)cc1C. The second kappa shape index (κ2) is 12.2. The fourth-order valence-corrected chi connectivity index (χ4v) is 1.49. The molecule has 0 aromatic heterocycles. The van der Waals surface area contributed by atoms with E-state index in [9.17, 15) is 9.59 Å². The Morgan fingerprint density at radius 1 is 1.17 bits per heavy atom. The highest BCUT2D eigenvalue weighted by Crippen LogP contribution is 2.17. The third-order valence-corrected chi connectivity index (χ3v) is 2.33. The third-order valence-electron chi connectivity index (χ3n) is 2.33. The van der Waals surface area contributed by atoms with Crippen LogP contribution in [-0.2, 0) is 9.53 Å². The number of carbonyl (C=O) groups excluding carboxylic acids is 1. The number of rotatable bonds is 3. The molecule has 0 heterocycles. The average molecular weight is 341 g/mol. The molecule has 0 saturated heterocycles. The monoisotopic (exact) mass is 341 g/mol. The second-order valence-electron chi connectivity index (χ2n) is 5.72. The zero-order valence-corrected chi connectivity index (χ0v) is 16.0. The minimum Gasteiger partial charge on any atom is -0.496 e. The van der Waals surface area contributed by atoms with Gasteiger partial charge in [0.25, 0.3) is 0 Å². The average Bonchev–Trinajstić information content (AvgIpc) is 2.46. The van der Waals surface area contributed by atoms with Crippen LogP contribution in [0, 0.1) is 13.8 Å². The Morgan fingerprint density at radius 3 is 2.08 bits per heavy atom. The lowest BCUT2D eigenvalue weighted by Gasteiger charge is -2.19. The fourth-order valence-electron chi connectivity index (χ4n) is 1.49. The number of hydrogen-bond donors (Lipinski definition) is 2. The first kappa shape index (κ1) is 24.0. The lowest BCUT2D eigenvalue weighted by atomic mass is 10.1. The lowest BCUT2D eigenvalue weighted by molar-refractivity contribution is -0.136. The Labute approximate surface area is 145 Å².